The smallest absolute Gasteiger partial charge is 0.145 e. The Morgan fingerprint density at radius 3 is 2.47 bits per heavy atom. The van der Waals surface area contributed by atoms with Crippen molar-refractivity contribution in [3.05, 3.63) is 11.9 Å². The molecule has 1 saturated heterocycles. The van der Waals surface area contributed by atoms with Crippen LogP contribution in [-0.2, 0) is 16.2 Å². The van der Waals surface area contributed by atoms with Gasteiger partial charge in [-0.3, -0.25) is 4.21 Å². The summed E-state index contributed by atoms with van der Waals surface area (Å²) in [5.74, 6) is 9.08. The fraction of sp³-hybridized carbons (Fsp3) is 0.667. The summed E-state index contributed by atoms with van der Waals surface area (Å²) >= 11 is 0. The zero-order chi connectivity index (χ0) is 14.0. The molecule has 0 unspecified atom stereocenters. The van der Waals surface area contributed by atoms with Crippen LogP contribution in [0.25, 0.3) is 0 Å². The van der Waals surface area contributed by atoms with Gasteiger partial charge in [-0.2, -0.15) is 0 Å². The summed E-state index contributed by atoms with van der Waals surface area (Å²) in [5, 5.41) is 0. The van der Waals surface area contributed by atoms with Crippen molar-refractivity contribution in [3.8, 4) is 0 Å². The topological polar surface area (TPSA) is 84.1 Å². The normalized spacial score (nSPS) is 17.6. The summed E-state index contributed by atoms with van der Waals surface area (Å²) in [6, 6.07) is 1.84. The molecule has 0 aliphatic carbocycles. The molecule has 19 heavy (non-hydrogen) atoms. The number of anilines is 2. The lowest BCUT2D eigenvalue weighted by molar-refractivity contribution is 0.544. The van der Waals surface area contributed by atoms with Crippen molar-refractivity contribution in [1.29, 1.82) is 0 Å². The summed E-state index contributed by atoms with van der Waals surface area (Å²) in [7, 11) is -0.690. The lowest BCUT2D eigenvalue weighted by atomic mass is 9.96. The molecule has 1 aliphatic heterocycles. The molecule has 106 valence electrons. The molecule has 0 spiro atoms. The van der Waals surface area contributed by atoms with Crippen LogP contribution in [0.1, 0.15) is 26.6 Å². The minimum atomic E-state index is -0.690. The first-order valence-corrected chi connectivity index (χ1v) is 7.85. The maximum Gasteiger partial charge on any atom is 0.145 e. The van der Waals surface area contributed by atoms with Crippen LogP contribution in [0.3, 0.4) is 0 Å². The van der Waals surface area contributed by atoms with Gasteiger partial charge in [-0.15, -0.1) is 0 Å². The number of rotatable bonds is 2. The van der Waals surface area contributed by atoms with Crippen LogP contribution in [0.2, 0.25) is 0 Å². The molecule has 1 aliphatic rings. The van der Waals surface area contributed by atoms with Gasteiger partial charge in [-0.05, 0) is 0 Å². The van der Waals surface area contributed by atoms with Gasteiger partial charge in [0.05, 0.1) is 0 Å². The van der Waals surface area contributed by atoms with Crippen LogP contribution in [0, 0.1) is 0 Å². The quantitative estimate of drug-likeness (QED) is 0.612. The minimum absolute atomic E-state index is 0.139. The number of hydrazine groups is 1. The van der Waals surface area contributed by atoms with Gasteiger partial charge in [-0.25, -0.2) is 15.8 Å². The molecule has 0 saturated carbocycles. The predicted molar refractivity (Wildman–Crippen MR) is 78.6 cm³/mol. The third-order valence-electron chi connectivity index (χ3n) is 3.03. The Morgan fingerprint density at radius 2 is 1.95 bits per heavy atom. The highest BCUT2D eigenvalue weighted by Crippen LogP contribution is 2.24. The van der Waals surface area contributed by atoms with E-state index in [9.17, 15) is 4.21 Å². The lowest BCUT2D eigenvalue weighted by Gasteiger charge is -2.29. The van der Waals surface area contributed by atoms with Gasteiger partial charge in [0.1, 0.15) is 17.5 Å². The molecule has 7 heteroatoms. The van der Waals surface area contributed by atoms with E-state index in [1.807, 2.05) is 6.07 Å². The summed E-state index contributed by atoms with van der Waals surface area (Å²) in [6.07, 6.45) is 0. The van der Waals surface area contributed by atoms with Crippen molar-refractivity contribution in [2.75, 3.05) is 34.9 Å². The number of nitrogens with two attached hydrogens (primary N) is 1. The Bertz CT molecular complexity index is 475. The molecule has 0 radical (unpaired) electrons. The zero-order valence-electron chi connectivity index (χ0n) is 11.6. The average molecular weight is 283 g/mol. The first kappa shape index (κ1) is 14.2. The van der Waals surface area contributed by atoms with Crippen molar-refractivity contribution in [2.24, 2.45) is 5.84 Å². The standard InChI is InChI=1S/C12H21N5OS/c1-12(2,3)11-14-9(16-13)8-10(15-11)17-4-6-19(18)7-5-17/h8H,4-7,13H2,1-3H3,(H,14,15,16). The first-order valence-electron chi connectivity index (χ1n) is 6.36. The van der Waals surface area contributed by atoms with E-state index in [1.54, 1.807) is 0 Å². The van der Waals surface area contributed by atoms with E-state index in [1.165, 1.54) is 0 Å². The van der Waals surface area contributed by atoms with Crippen LogP contribution in [0.15, 0.2) is 6.07 Å². The summed E-state index contributed by atoms with van der Waals surface area (Å²) in [6.45, 7) is 7.72. The van der Waals surface area contributed by atoms with Crippen LogP contribution in [0.5, 0.6) is 0 Å². The first-order chi connectivity index (χ1) is 8.90. The Hall–Kier alpha value is -1.21. The molecule has 2 heterocycles. The van der Waals surface area contributed by atoms with Gasteiger partial charge >= 0.3 is 0 Å². The molecule has 1 fully saturated rings. The third-order valence-corrected chi connectivity index (χ3v) is 4.31. The molecular weight excluding hydrogens is 262 g/mol. The van der Waals surface area contributed by atoms with E-state index in [0.717, 1.165) is 24.7 Å². The predicted octanol–water partition coefficient (Wildman–Crippen LogP) is 0.628. The van der Waals surface area contributed by atoms with Crippen molar-refractivity contribution >= 4 is 22.4 Å². The van der Waals surface area contributed by atoms with Crippen molar-refractivity contribution in [1.82, 2.24) is 9.97 Å². The van der Waals surface area contributed by atoms with E-state index in [0.29, 0.717) is 17.3 Å². The number of nitrogens with one attached hydrogen (secondary N) is 1. The second kappa shape index (κ2) is 5.42. The maximum atomic E-state index is 11.4. The van der Waals surface area contributed by atoms with Gasteiger partial charge in [0.25, 0.3) is 0 Å². The van der Waals surface area contributed by atoms with Gasteiger partial charge in [-0.1, -0.05) is 20.8 Å². The second-order valence-electron chi connectivity index (χ2n) is 5.66. The minimum Gasteiger partial charge on any atom is -0.355 e. The third kappa shape index (κ3) is 3.42. The Kier molecular flexibility index (Phi) is 4.05. The highest BCUT2D eigenvalue weighted by molar-refractivity contribution is 7.85. The van der Waals surface area contributed by atoms with Gasteiger partial charge < -0.3 is 10.3 Å². The number of nitrogens with zero attached hydrogens (tertiary/aromatic N) is 3. The fourth-order valence-corrected chi connectivity index (χ4v) is 2.92. The molecule has 0 aromatic carbocycles. The van der Waals surface area contributed by atoms with E-state index in [-0.39, 0.29) is 5.41 Å². The highest BCUT2D eigenvalue weighted by Gasteiger charge is 2.22. The molecule has 1 aromatic rings. The van der Waals surface area contributed by atoms with E-state index >= 15 is 0 Å². The maximum absolute atomic E-state index is 11.4. The van der Waals surface area contributed by atoms with Crippen LogP contribution in [-0.4, -0.2) is 38.8 Å². The monoisotopic (exact) mass is 283 g/mol. The molecule has 0 amide bonds. The number of aromatic nitrogens is 2. The summed E-state index contributed by atoms with van der Waals surface area (Å²) < 4.78 is 11.4. The fourth-order valence-electron chi connectivity index (χ4n) is 1.87. The Labute approximate surface area is 116 Å². The van der Waals surface area contributed by atoms with Crippen molar-refractivity contribution in [2.45, 2.75) is 26.2 Å². The Balaban J connectivity index is 2.32. The number of nitrogen functional groups attached to an aromatic ring is 1. The second-order valence-corrected chi connectivity index (χ2v) is 7.36. The van der Waals surface area contributed by atoms with Crippen molar-refractivity contribution in [3.63, 3.8) is 0 Å². The summed E-state index contributed by atoms with van der Waals surface area (Å²) in [5.41, 5.74) is 2.45. The average Bonchev–Trinajstić information content (AvgIpc) is 2.38. The number of hydrogen-bond acceptors (Lipinski definition) is 6. The molecule has 2 rings (SSSR count). The molecule has 0 bridgehead atoms. The number of hydrogen-bond donors (Lipinski definition) is 2. The van der Waals surface area contributed by atoms with Crippen LogP contribution >= 0.6 is 0 Å². The zero-order valence-corrected chi connectivity index (χ0v) is 12.5. The van der Waals surface area contributed by atoms with E-state index in [4.69, 9.17) is 5.84 Å². The van der Waals surface area contributed by atoms with Gasteiger partial charge in [0.2, 0.25) is 0 Å². The van der Waals surface area contributed by atoms with Crippen LogP contribution < -0.4 is 16.2 Å². The van der Waals surface area contributed by atoms with E-state index < -0.39 is 10.8 Å². The van der Waals surface area contributed by atoms with Crippen LogP contribution in [0.4, 0.5) is 11.6 Å². The van der Waals surface area contributed by atoms with Crippen molar-refractivity contribution < 1.29 is 4.21 Å². The lowest BCUT2D eigenvalue weighted by Crippen LogP contribution is -2.38. The molecular formula is C12H21N5OS. The van der Waals surface area contributed by atoms with Gasteiger partial charge in [0.15, 0.2) is 0 Å². The largest absolute Gasteiger partial charge is 0.355 e. The SMILES string of the molecule is CC(C)(C)c1nc(NN)cc(N2CCS(=O)CC2)n1. The highest BCUT2D eigenvalue weighted by atomic mass is 32.2. The molecule has 0 atom stereocenters. The molecule has 1 aromatic heterocycles. The molecule has 6 nitrogen and oxygen atoms in total. The Morgan fingerprint density at radius 1 is 1.32 bits per heavy atom. The van der Waals surface area contributed by atoms with Gasteiger partial charge in [0, 0.05) is 46.9 Å². The molecule has 3 N–H and O–H groups in total. The van der Waals surface area contributed by atoms with E-state index in [2.05, 4.69) is 41.1 Å². The summed E-state index contributed by atoms with van der Waals surface area (Å²) in [4.78, 5) is 11.2.